The summed E-state index contributed by atoms with van der Waals surface area (Å²) < 4.78 is 22.8. The Bertz CT molecular complexity index is 791. The maximum atomic E-state index is 11.4. The summed E-state index contributed by atoms with van der Waals surface area (Å²) in [6.07, 6.45) is 0. The molecule has 0 spiro atoms. The zero-order valence-corrected chi connectivity index (χ0v) is 12.5. The molecule has 20 heavy (non-hydrogen) atoms. The molecule has 0 aliphatic carbocycles. The molecule has 0 saturated heterocycles. The van der Waals surface area contributed by atoms with Crippen LogP contribution in [0.4, 0.5) is 0 Å². The van der Waals surface area contributed by atoms with Crippen molar-refractivity contribution in [2.24, 2.45) is 5.14 Å². The average Bonchev–Trinajstić information content (AvgIpc) is 2.69. The van der Waals surface area contributed by atoms with Crippen molar-refractivity contribution in [2.75, 3.05) is 0 Å². The van der Waals surface area contributed by atoms with Crippen LogP contribution in [0.2, 0.25) is 0 Å². The predicted octanol–water partition coefficient (Wildman–Crippen LogP) is 2.38. The Balaban J connectivity index is 2.64. The van der Waals surface area contributed by atoms with Crippen LogP contribution in [0.25, 0.3) is 11.1 Å². The van der Waals surface area contributed by atoms with Gasteiger partial charge in [0.2, 0.25) is 10.0 Å². The minimum Gasteiger partial charge on any atom is -0.477 e. The second kappa shape index (κ2) is 5.01. The molecule has 0 radical (unpaired) electrons. The summed E-state index contributed by atoms with van der Waals surface area (Å²) in [5, 5.41) is 16.1. The van der Waals surface area contributed by atoms with Gasteiger partial charge in [0.15, 0.2) is 0 Å². The third-order valence-electron chi connectivity index (χ3n) is 2.94. The van der Waals surface area contributed by atoms with Crippen LogP contribution >= 0.6 is 11.3 Å². The Hall–Kier alpha value is -1.70. The SMILES string of the molecule is Cc1cc(-c2c(C)csc2C(=O)O)ccc1S(N)(=O)=O. The van der Waals surface area contributed by atoms with Gasteiger partial charge >= 0.3 is 5.97 Å². The van der Waals surface area contributed by atoms with E-state index in [4.69, 9.17) is 5.14 Å². The number of hydrogen-bond donors (Lipinski definition) is 2. The zero-order valence-electron chi connectivity index (χ0n) is 10.9. The molecule has 5 nitrogen and oxygen atoms in total. The molecule has 2 aromatic rings. The standard InChI is InChI=1S/C13H13NO4S2/c1-7-5-9(3-4-10(7)20(14,17)18)11-8(2)6-19-12(11)13(15)16/h3-6H,1-2H3,(H,15,16)(H2,14,17,18). The number of carbonyl (C=O) groups is 1. The first-order valence-electron chi connectivity index (χ1n) is 5.67. The van der Waals surface area contributed by atoms with Crippen LogP contribution in [-0.2, 0) is 10.0 Å². The van der Waals surface area contributed by atoms with E-state index in [1.807, 2.05) is 6.92 Å². The normalized spacial score (nSPS) is 11.6. The van der Waals surface area contributed by atoms with Crippen LogP contribution in [0.15, 0.2) is 28.5 Å². The van der Waals surface area contributed by atoms with Gasteiger partial charge in [-0.15, -0.1) is 11.3 Å². The first-order valence-corrected chi connectivity index (χ1v) is 8.09. The highest BCUT2D eigenvalue weighted by Crippen LogP contribution is 2.33. The van der Waals surface area contributed by atoms with Crippen LogP contribution < -0.4 is 5.14 Å². The highest BCUT2D eigenvalue weighted by molar-refractivity contribution is 7.89. The first kappa shape index (κ1) is 14.7. The van der Waals surface area contributed by atoms with Crippen molar-refractivity contribution in [2.45, 2.75) is 18.7 Å². The number of nitrogens with two attached hydrogens (primary N) is 1. The van der Waals surface area contributed by atoms with E-state index >= 15 is 0 Å². The number of aromatic carboxylic acids is 1. The molecule has 3 N–H and O–H groups in total. The van der Waals surface area contributed by atoms with Gasteiger partial charge in [0.1, 0.15) is 4.88 Å². The van der Waals surface area contributed by atoms with E-state index in [1.165, 1.54) is 6.07 Å². The molecule has 1 heterocycles. The van der Waals surface area contributed by atoms with E-state index < -0.39 is 16.0 Å². The van der Waals surface area contributed by atoms with Gasteiger partial charge in [0.25, 0.3) is 0 Å². The number of primary sulfonamides is 1. The summed E-state index contributed by atoms with van der Waals surface area (Å²) in [6.45, 7) is 3.45. The molecule has 7 heteroatoms. The van der Waals surface area contributed by atoms with E-state index in [-0.39, 0.29) is 9.77 Å². The number of sulfonamides is 1. The molecule has 0 aliphatic rings. The maximum Gasteiger partial charge on any atom is 0.346 e. The Morgan fingerprint density at radius 1 is 1.25 bits per heavy atom. The summed E-state index contributed by atoms with van der Waals surface area (Å²) in [4.78, 5) is 11.5. The fourth-order valence-corrected chi connectivity index (χ4v) is 3.76. The second-order valence-electron chi connectivity index (χ2n) is 4.45. The van der Waals surface area contributed by atoms with Crippen molar-refractivity contribution in [1.82, 2.24) is 0 Å². The zero-order chi connectivity index (χ0) is 15.1. The summed E-state index contributed by atoms with van der Waals surface area (Å²) >= 11 is 1.15. The Morgan fingerprint density at radius 2 is 1.90 bits per heavy atom. The van der Waals surface area contributed by atoms with E-state index in [1.54, 1.807) is 24.4 Å². The molecule has 1 aromatic heterocycles. The summed E-state index contributed by atoms with van der Waals surface area (Å²) in [7, 11) is -3.77. The van der Waals surface area contributed by atoms with Gasteiger partial charge in [-0.25, -0.2) is 18.4 Å². The van der Waals surface area contributed by atoms with Gasteiger partial charge in [0.05, 0.1) is 4.90 Å². The Kier molecular flexibility index (Phi) is 3.68. The molecule has 1 aromatic carbocycles. The summed E-state index contributed by atoms with van der Waals surface area (Å²) in [5.41, 5.74) is 2.62. The van der Waals surface area contributed by atoms with Crippen molar-refractivity contribution >= 4 is 27.3 Å². The lowest BCUT2D eigenvalue weighted by molar-refractivity contribution is 0.0703. The fraction of sp³-hybridized carbons (Fsp3) is 0.154. The lowest BCUT2D eigenvalue weighted by Gasteiger charge is -2.08. The third kappa shape index (κ3) is 2.60. The van der Waals surface area contributed by atoms with Gasteiger partial charge < -0.3 is 5.11 Å². The predicted molar refractivity (Wildman–Crippen MR) is 77.6 cm³/mol. The highest BCUT2D eigenvalue weighted by Gasteiger charge is 2.18. The highest BCUT2D eigenvalue weighted by atomic mass is 32.2. The van der Waals surface area contributed by atoms with E-state index in [0.29, 0.717) is 16.7 Å². The smallest absolute Gasteiger partial charge is 0.346 e. The van der Waals surface area contributed by atoms with Gasteiger partial charge in [-0.3, -0.25) is 0 Å². The average molecular weight is 311 g/mol. The molecule has 0 aliphatic heterocycles. The molecule has 0 bridgehead atoms. The number of hydrogen-bond acceptors (Lipinski definition) is 4. The second-order valence-corrected chi connectivity index (χ2v) is 6.86. The van der Waals surface area contributed by atoms with Crippen molar-refractivity contribution in [3.05, 3.63) is 39.6 Å². The lowest BCUT2D eigenvalue weighted by Crippen LogP contribution is -2.13. The van der Waals surface area contributed by atoms with Crippen molar-refractivity contribution in [3.63, 3.8) is 0 Å². The van der Waals surface area contributed by atoms with E-state index in [2.05, 4.69) is 0 Å². The molecule has 0 unspecified atom stereocenters. The molecule has 0 amide bonds. The number of rotatable bonds is 3. The van der Waals surface area contributed by atoms with Crippen LogP contribution in [0.5, 0.6) is 0 Å². The quantitative estimate of drug-likeness (QED) is 0.909. The van der Waals surface area contributed by atoms with E-state index in [0.717, 1.165) is 16.9 Å². The lowest BCUT2D eigenvalue weighted by atomic mass is 10.0. The molecule has 0 fully saturated rings. The number of benzene rings is 1. The van der Waals surface area contributed by atoms with Crippen molar-refractivity contribution in [1.29, 1.82) is 0 Å². The molecule has 106 valence electrons. The largest absolute Gasteiger partial charge is 0.477 e. The topological polar surface area (TPSA) is 97.5 Å². The Morgan fingerprint density at radius 3 is 2.40 bits per heavy atom. The van der Waals surface area contributed by atoms with Crippen LogP contribution in [0.3, 0.4) is 0 Å². The molecular formula is C13H13NO4S2. The van der Waals surface area contributed by atoms with E-state index in [9.17, 15) is 18.3 Å². The van der Waals surface area contributed by atoms with Crippen molar-refractivity contribution in [3.8, 4) is 11.1 Å². The maximum absolute atomic E-state index is 11.4. The number of aryl methyl sites for hydroxylation is 2. The minimum atomic E-state index is -3.77. The van der Waals surface area contributed by atoms with Gasteiger partial charge in [0, 0.05) is 5.56 Å². The first-order chi connectivity index (χ1) is 9.21. The molecular weight excluding hydrogens is 298 g/mol. The molecule has 2 rings (SSSR count). The molecule has 0 atom stereocenters. The van der Waals surface area contributed by atoms with Gasteiger partial charge in [-0.05, 0) is 42.0 Å². The summed E-state index contributed by atoms with van der Waals surface area (Å²) in [5.74, 6) is -0.994. The number of thiophene rings is 1. The van der Waals surface area contributed by atoms with Gasteiger partial charge in [-0.1, -0.05) is 12.1 Å². The van der Waals surface area contributed by atoms with Crippen LogP contribution in [-0.4, -0.2) is 19.5 Å². The van der Waals surface area contributed by atoms with Gasteiger partial charge in [-0.2, -0.15) is 0 Å². The summed E-state index contributed by atoms with van der Waals surface area (Å²) in [6, 6.07) is 4.62. The third-order valence-corrected chi connectivity index (χ3v) is 5.10. The van der Waals surface area contributed by atoms with Crippen LogP contribution in [0, 0.1) is 13.8 Å². The Labute approximate surface area is 120 Å². The number of carboxylic acids is 1. The van der Waals surface area contributed by atoms with Crippen LogP contribution in [0.1, 0.15) is 20.8 Å². The van der Waals surface area contributed by atoms with Crippen molar-refractivity contribution < 1.29 is 18.3 Å². The fourth-order valence-electron chi connectivity index (χ4n) is 2.08. The minimum absolute atomic E-state index is 0.0472. The monoisotopic (exact) mass is 311 g/mol. The molecule has 0 saturated carbocycles. The number of carboxylic acid groups (broad SMARTS) is 1.